The van der Waals surface area contributed by atoms with E-state index in [-0.39, 0.29) is 0 Å². The van der Waals surface area contributed by atoms with Gasteiger partial charge >= 0.3 is 0 Å². The molecule has 0 radical (unpaired) electrons. The minimum atomic E-state index is 0.298. The number of carbonyl (C=O) groups is 1. The van der Waals surface area contributed by atoms with Gasteiger partial charge in [0.05, 0.1) is 0 Å². The second-order valence-electron chi connectivity index (χ2n) is 6.83. The molecule has 0 aromatic heterocycles. The van der Waals surface area contributed by atoms with Gasteiger partial charge in [-0.15, -0.1) is 0 Å². The summed E-state index contributed by atoms with van der Waals surface area (Å²) < 4.78 is 0. The highest BCUT2D eigenvalue weighted by Gasteiger charge is 2.33. The van der Waals surface area contributed by atoms with Crippen molar-refractivity contribution in [2.45, 2.75) is 57.9 Å². The lowest BCUT2D eigenvalue weighted by atomic mass is 9.96. The highest BCUT2D eigenvalue weighted by Crippen LogP contribution is 2.35. The maximum atomic E-state index is 12.3. The molecule has 1 aliphatic heterocycles. The van der Waals surface area contributed by atoms with Crippen LogP contribution in [0.2, 0.25) is 0 Å². The highest BCUT2D eigenvalue weighted by atomic mass is 16.1. The summed E-state index contributed by atoms with van der Waals surface area (Å²) in [6.07, 6.45) is 8.99. The van der Waals surface area contributed by atoms with Crippen LogP contribution in [-0.4, -0.2) is 29.8 Å². The average molecular weight is 285 g/mol. The molecule has 1 atom stereocenters. The molecule has 0 spiro atoms. The molecule has 21 heavy (non-hydrogen) atoms. The molecule has 2 fully saturated rings. The first-order chi connectivity index (χ1) is 10.2. The van der Waals surface area contributed by atoms with Crippen molar-refractivity contribution in [3.63, 3.8) is 0 Å². The van der Waals surface area contributed by atoms with Crippen molar-refractivity contribution in [1.82, 2.24) is 4.90 Å². The molecular weight excluding hydrogens is 258 g/mol. The van der Waals surface area contributed by atoms with Gasteiger partial charge in [-0.05, 0) is 45.1 Å². The van der Waals surface area contributed by atoms with Crippen LogP contribution >= 0.6 is 0 Å². The number of nitrogens with zero attached hydrogens (tertiary/aromatic N) is 1. The molecule has 1 aromatic carbocycles. The Bertz CT molecular complexity index is 473. The summed E-state index contributed by atoms with van der Waals surface area (Å²) >= 11 is 0. The first kappa shape index (κ1) is 14.8. The van der Waals surface area contributed by atoms with Crippen molar-refractivity contribution in [2.24, 2.45) is 5.92 Å². The van der Waals surface area contributed by atoms with Crippen LogP contribution in [0.5, 0.6) is 0 Å². The molecule has 0 amide bonds. The Labute approximate surface area is 128 Å². The predicted molar refractivity (Wildman–Crippen MR) is 86.7 cm³/mol. The summed E-state index contributed by atoms with van der Waals surface area (Å²) in [6.45, 7) is 4.21. The van der Waals surface area contributed by atoms with E-state index in [0.29, 0.717) is 12.2 Å². The molecule has 2 heteroatoms. The van der Waals surface area contributed by atoms with Crippen LogP contribution in [0.25, 0.3) is 0 Å². The number of benzene rings is 1. The van der Waals surface area contributed by atoms with E-state index in [1.807, 2.05) is 24.3 Å². The lowest BCUT2D eigenvalue weighted by molar-refractivity contribution is 0.0951. The van der Waals surface area contributed by atoms with E-state index < -0.39 is 0 Å². The summed E-state index contributed by atoms with van der Waals surface area (Å²) in [6, 6.07) is 8.76. The largest absolute Gasteiger partial charge is 0.300 e. The van der Waals surface area contributed by atoms with Gasteiger partial charge in [-0.3, -0.25) is 9.69 Å². The zero-order chi connectivity index (χ0) is 14.7. The third-order valence-electron chi connectivity index (χ3n) is 5.36. The van der Waals surface area contributed by atoms with E-state index in [2.05, 4.69) is 11.8 Å². The number of Topliss-reactive ketones (excluding diaryl/α,β-unsaturated/α-hetero) is 1. The number of aryl methyl sites for hydroxylation is 1. The molecule has 2 aliphatic rings. The number of hydrogen-bond donors (Lipinski definition) is 0. The summed E-state index contributed by atoms with van der Waals surface area (Å²) in [5, 5.41) is 0. The van der Waals surface area contributed by atoms with Crippen LogP contribution in [0, 0.1) is 12.8 Å². The van der Waals surface area contributed by atoms with Crippen LogP contribution in [0.1, 0.15) is 60.9 Å². The molecule has 1 aromatic rings. The number of carbonyl (C=O) groups excluding carboxylic acids is 1. The Morgan fingerprint density at radius 3 is 2.52 bits per heavy atom. The topological polar surface area (TPSA) is 20.3 Å². The Morgan fingerprint density at radius 1 is 1.10 bits per heavy atom. The molecule has 114 valence electrons. The van der Waals surface area contributed by atoms with E-state index in [0.717, 1.165) is 24.1 Å². The Morgan fingerprint density at radius 2 is 1.81 bits per heavy atom. The quantitative estimate of drug-likeness (QED) is 0.755. The smallest absolute Gasteiger partial charge is 0.164 e. The average Bonchev–Trinajstić information content (AvgIpc) is 3.16. The lowest BCUT2D eigenvalue weighted by Gasteiger charge is -2.29. The summed E-state index contributed by atoms with van der Waals surface area (Å²) in [5.41, 5.74) is 2.09. The van der Waals surface area contributed by atoms with Crippen molar-refractivity contribution in [2.75, 3.05) is 13.1 Å². The second-order valence-corrected chi connectivity index (χ2v) is 6.83. The van der Waals surface area contributed by atoms with Crippen LogP contribution in [-0.2, 0) is 0 Å². The van der Waals surface area contributed by atoms with Crippen LogP contribution in [0.4, 0.5) is 0 Å². The first-order valence-electron chi connectivity index (χ1n) is 8.58. The number of ketones is 1. The number of rotatable bonds is 5. The van der Waals surface area contributed by atoms with E-state index in [1.54, 1.807) is 0 Å². The fourth-order valence-electron chi connectivity index (χ4n) is 4.13. The van der Waals surface area contributed by atoms with E-state index >= 15 is 0 Å². The van der Waals surface area contributed by atoms with Crippen molar-refractivity contribution in [1.29, 1.82) is 0 Å². The minimum Gasteiger partial charge on any atom is -0.300 e. The van der Waals surface area contributed by atoms with Gasteiger partial charge in [0.25, 0.3) is 0 Å². The molecule has 1 saturated heterocycles. The van der Waals surface area contributed by atoms with Gasteiger partial charge in [0, 0.05) is 24.6 Å². The first-order valence-corrected chi connectivity index (χ1v) is 8.58. The van der Waals surface area contributed by atoms with Gasteiger partial charge < -0.3 is 0 Å². The van der Waals surface area contributed by atoms with Crippen molar-refractivity contribution >= 4 is 5.78 Å². The second kappa shape index (κ2) is 6.74. The standard InChI is InChI=1S/C19H27NO/c1-15-8-10-17(11-9-15)19(21)12-14-20-13-4-7-18(20)16-5-2-3-6-16/h8-11,16,18H,2-7,12-14H2,1H3. The van der Waals surface area contributed by atoms with Crippen LogP contribution < -0.4 is 0 Å². The van der Waals surface area contributed by atoms with Crippen LogP contribution in [0.15, 0.2) is 24.3 Å². The van der Waals surface area contributed by atoms with E-state index in [4.69, 9.17) is 0 Å². The predicted octanol–water partition coefficient (Wildman–Crippen LogP) is 4.22. The fraction of sp³-hybridized carbons (Fsp3) is 0.632. The third kappa shape index (κ3) is 3.55. The van der Waals surface area contributed by atoms with E-state index in [9.17, 15) is 4.79 Å². The fourth-order valence-corrected chi connectivity index (χ4v) is 4.13. The zero-order valence-corrected chi connectivity index (χ0v) is 13.2. The van der Waals surface area contributed by atoms with Gasteiger partial charge in [-0.25, -0.2) is 0 Å². The number of hydrogen-bond acceptors (Lipinski definition) is 2. The van der Waals surface area contributed by atoms with Crippen molar-refractivity contribution in [3.05, 3.63) is 35.4 Å². The third-order valence-corrected chi connectivity index (χ3v) is 5.36. The number of likely N-dealkylation sites (tertiary alicyclic amines) is 1. The Balaban J connectivity index is 1.54. The molecule has 1 saturated carbocycles. The Hall–Kier alpha value is -1.15. The zero-order valence-electron chi connectivity index (χ0n) is 13.2. The van der Waals surface area contributed by atoms with E-state index in [1.165, 1.54) is 50.6 Å². The summed E-state index contributed by atoms with van der Waals surface area (Å²) in [5.74, 6) is 1.20. The van der Waals surface area contributed by atoms with Gasteiger partial charge in [0.2, 0.25) is 0 Å². The SMILES string of the molecule is Cc1ccc(C(=O)CCN2CCCC2C2CCCC2)cc1. The minimum absolute atomic E-state index is 0.298. The monoisotopic (exact) mass is 285 g/mol. The molecule has 2 nitrogen and oxygen atoms in total. The molecule has 1 unspecified atom stereocenters. The molecule has 1 aliphatic carbocycles. The molecular formula is C19H27NO. The van der Waals surface area contributed by atoms with Gasteiger partial charge in [-0.1, -0.05) is 42.7 Å². The molecule has 3 rings (SSSR count). The maximum absolute atomic E-state index is 12.3. The lowest BCUT2D eigenvalue weighted by Crippen LogP contribution is -2.36. The van der Waals surface area contributed by atoms with Crippen LogP contribution in [0.3, 0.4) is 0 Å². The molecule has 0 bridgehead atoms. The summed E-state index contributed by atoms with van der Waals surface area (Å²) in [7, 11) is 0. The Kier molecular flexibility index (Phi) is 4.74. The molecule has 0 N–H and O–H groups in total. The highest BCUT2D eigenvalue weighted by molar-refractivity contribution is 5.96. The van der Waals surface area contributed by atoms with Gasteiger partial charge in [0.1, 0.15) is 0 Å². The van der Waals surface area contributed by atoms with Gasteiger partial charge in [-0.2, -0.15) is 0 Å². The molecule has 1 heterocycles. The maximum Gasteiger partial charge on any atom is 0.164 e. The van der Waals surface area contributed by atoms with Crippen molar-refractivity contribution in [3.8, 4) is 0 Å². The van der Waals surface area contributed by atoms with Gasteiger partial charge in [0.15, 0.2) is 5.78 Å². The summed E-state index contributed by atoms with van der Waals surface area (Å²) in [4.78, 5) is 14.9. The normalized spacial score (nSPS) is 23.8. The van der Waals surface area contributed by atoms with Crippen molar-refractivity contribution < 1.29 is 4.79 Å².